The quantitative estimate of drug-likeness (QED) is 0.733. The Bertz CT molecular complexity index is 252. The summed E-state index contributed by atoms with van der Waals surface area (Å²) in [5, 5.41) is 0. The molecular formula is C11H17NO2. The van der Waals surface area contributed by atoms with Crippen molar-refractivity contribution in [2.24, 2.45) is 0 Å². The number of likely N-dealkylation sites (N-methyl/N-ethyl adjacent to an activating group) is 1. The van der Waals surface area contributed by atoms with E-state index in [1.165, 1.54) is 12.8 Å². The summed E-state index contributed by atoms with van der Waals surface area (Å²) in [4.78, 5) is 2.24. The summed E-state index contributed by atoms with van der Waals surface area (Å²) in [6.45, 7) is 2.80. The highest BCUT2D eigenvalue weighted by molar-refractivity contribution is 4.97. The van der Waals surface area contributed by atoms with Crippen molar-refractivity contribution in [1.29, 1.82) is 0 Å². The third-order valence-electron chi connectivity index (χ3n) is 2.55. The van der Waals surface area contributed by atoms with Crippen molar-refractivity contribution in [2.45, 2.75) is 25.5 Å². The van der Waals surface area contributed by atoms with Crippen molar-refractivity contribution in [3.8, 4) is 0 Å². The predicted molar refractivity (Wildman–Crippen MR) is 54.0 cm³/mol. The molecule has 78 valence electrons. The number of hydrogen-bond donors (Lipinski definition) is 0. The summed E-state index contributed by atoms with van der Waals surface area (Å²) >= 11 is 0. The largest absolute Gasteiger partial charge is 0.468 e. The molecule has 0 bridgehead atoms. The molecule has 3 nitrogen and oxygen atoms in total. The van der Waals surface area contributed by atoms with Crippen LogP contribution in [0.1, 0.15) is 18.6 Å². The molecule has 0 N–H and O–H groups in total. The van der Waals surface area contributed by atoms with E-state index in [0.29, 0.717) is 6.10 Å². The minimum Gasteiger partial charge on any atom is -0.468 e. The molecule has 1 aromatic heterocycles. The highest BCUT2D eigenvalue weighted by Gasteiger charge is 2.17. The predicted octanol–water partition coefficient (Wildman–Crippen LogP) is 1.89. The van der Waals surface area contributed by atoms with Crippen LogP contribution in [0, 0.1) is 0 Å². The molecule has 1 atom stereocenters. The topological polar surface area (TPSA) is 25.6 Å². The van der Waals surface area contributed by atoms with Crippen LogP contribution in [0.5, 0.6) is 0 Å². The summed E-state index contributed by atoms with van der Waals surface area (Å²) in [6, 6.07) is 3.93. The van der Waals surface area contributed by atoms with Gasteiger partial charge in [0.1, 0.15) is 5.76 Å². The van der Waals surface area contributed by atoms with Crippen LogP contribution in [0.4, 0.5) is 0 Å². The van der Waals surface area contributed by atoms with E-state index in [1.807, 2.05) is 12.1 Å². The Kier molecular flexibility index (Phi) is 3.22. The number of nitrogens with zero attached hydrogens (tertiary/aromatic N) is 1. The summed E-state index contributed by atoms with van der Waals surface area (Å²) in [6.07, 6.45) is 4.55. The summed E-state index contributed by atoms with van der Waals surface area (Å²) in [7, 11) is 2.10. The Balaban J connectivity index is 1.75. The van der Waals surface area contributed by atoms with Gasteiger partial charge in [0.2, 0.25) is 0 Å². The molecule has 3 heteroatoms. The summed E-state index contributed by atoms with van der Waals surface area (Å²) in [5.41, 5.74) is 0. The number of rotatable bonds is 4. The van der Waals surface area contributed by atoms with E-state index in [-0.39, 0.29) is 0 Å². The maximum absolute atomic E-state index is 5.57. The highest BCUT2D eigenvalue weighted by atomic mass is 16.5. The van der Waals surface area contributed by atoms with Gasteiger partial charge in [-0.25, -0.2) is 0 Å². The van der Waals surface area contributed by atoms with Crippen LogP contribution >= 0.6 is 0 Å². The van der Waals surface area contributed by atoms with Crippen LogP contribution in [-0.4, -0.2) is 31.2 Å². The van der Waals surface area contributed by atoms with Gasteiger partial charge in [-0.15, -0.1) is 0 Å². The molecule has 1 aromatic rings. The second-order valence-electron chi connectivity index (χ2n) is 3.91. The first-order valence-electron chi connectivity index (χ1n) is 5.17. The monoisotopic (exact) mass is 195 g/mol. The van der Waals surface area contributed by atoms with Crippen molar-refractivity contribution in [3.63, 3.8) is 0 Å². The molecule has 0 saturated carbocycles. The average Bonchev–Trinajstić information content (AvgIpc) is 2.76. The van der Waals surface area contributed by atoms with Crippen LogP contribution in [0.15, 0.2) is 22.8 Å². The normalized spacial score (nSPS) is 22.0. The van der Waals surface area contributed by atoms with E-state index in [1.54, 1.807) is 6.26 Å². The molecule has 1 aliphatic rings. The number of hydrogen-bond acceptors (Lipinski definition) is 3. The van der Waals surface area contributed by atoms with Crippen LogP contribution in [-0.2, 0) is 11.3 Å². The Labute approximate surface area is 84.6 Å². The third kappa shape index (κ3) is 2.59. The molecule has 0 aliphatic carbocycles. The molecule has 1 aliphatic heterocycles. The SMILES string of the molecule is CN(Cc1ccco1)CC1CCCO1. The van der Waals surface area contributed by atoms with Crippen molar-refractivity contribution < 1.29 is 9.15 Å². The standard InChI is InChI=1S/C11H17NO2/c1-12(8-10-4-2-6-13-10)9-11-5-3-7-14-11/h2,4,6,11H,3,5,7-9H2,1H3. The zero-order valence-electron chi connectivity index (χ0n) is 8.61. The van der Waals surface area contributed by atoms with E-state index in [0.717, 1.165) is 25.5 Å². The highest BCUT2D eigenvalue weighted by Crippen LogP contribution is 2.14. The van der Waals surface area contributed by atoms with Gasteiger partial charge in [-0.2, -0.15) is 0 Å². The lowest BCUT2D eigenvalue weighted by Crippen LogP contribution is -2.28. The van der Waals surface area contributed by atoms with Gasteiger partial charge in [0, 0.05) is 13.2 Å². The van der Waals surface area contributed by atoms with Crippen LogP contribution in [0.25, 0.3) is 0 Å². The van der Waals surface area contributed by atoms with Gasteiger partial charge in [0.15, 0.2) is 0 Å². The first-order chi connectivity index (χ1) is 6.84. The van der Waals surface area contributed by atoms with Gasteiger partial charge in [-0.3, -0.25) is 4.90 Å². The lowest BCUT2D eigenvalue weighted by molar-refractivity contribution is 0.0774. The van der Waals surface area contributed by atoms with Crippen LogP contribution in [0.2, 0.25) is 0 Å². The molecule has 0 amide bonds. The van der Waals surface area contributed by atoms with E-state index in [4.69, 9.17) is 9.15 Å². The maximum atomic E-state index is 5.57. The minimum absolute atomic E-state index is 0.426. The molecule has 1 saturated heterocycles. The second-order valence-corrected chi connectivity index (χ2v) is 3.91. The fourth-order valence-corrected chi connectivity index (χ4v) is 1.87. The van der Waals surface area contributed by atoms with Crippen molar-refractivity contribution in [3.05, 3.63) is 24.2 Å². The molecule has 1 fully saturated rings. The van der Waals surface area contributed by atoms with Crippen LogP contribution in [0.3, 0.4) is 0 Å². The Hall–Kier alpha value is -0.800. The number of ether oxygens (including phenoxy) is 1. The molecule has 2 rings (SSSR count). The Morgan fingerprint density at radius 3 is 3.14 bits per heavy atom. The smallest absolute Gasteiger partial charge is 0.117 e. The zero-order valence-corrected chi connectivity index (χ0v) is 8.61. The molecule has 14 heavy (non-hydrogen) atoms. The van der Waals surface area contributed by atoms with Crippen LogP contribution < -0.4 is 0 Å². The first kappa shape index (κ1) is 9.74. The van der Waals surface area contributed by atoms with E-state index < -0.39 is 0 Å². The van der Waals surface area contributed by atoms with Gasteiger partial charge in [0.05, 0.1) is 18.9 Å². The second kappa shape index (κ2) is 4.62. The number of furan rings is 1. The van der Waals surface area contributed by atoms with Gasteiger partial charge in [-0.05, 0) is 32.0 Å². The van der Waals surface area contributed by atoms with Crippen molar-refractivity contribution in [2.75, 3.05) is 20.2 Å². The molecule has 0 aromatic carbocycles. The Morgan fingerprint density at radius 1 is 1.57 bits per heavy atom. The van der Waals surface area contributed by atoms with E-state index in [9.17, 15) is 0 Å². The lowest BCUT2D eigenvalue weighted by atomic mass is 10.2. The van der Waals surface area contributed by atoms with Gasteiger partial charge < -0.3 is 9.15 Å². The van der Waals surface area contributed by atoms with Crippen molar-refractivity contribution >= 4 is 0 Å². The fourth-order valence-electron chi connectivity index (χ4n) is 1.87. The molecule has 0 spiro atoms. The van der Waals surface area contributed by atoms with E-state index in [2.05, 4.69) is 11.9 Å². The molecule has 2 heterocycles. The summed E-state index contributed by atoms with van der Waals surface area (Å²) < 4.78 is 10.9. The first-order valence-corrected chi connectivity index (χ1v) is 5.17. The molecule has 1 unspecified atom stereocenters. The fraction of sp³-hybridized carbons (Fsp3) is 0.636. The summed E-state index contributed by atoms with van der Waals surface area (Å²) in [5.74, 6) is 1.02. The Morgan fingerprint density at radius 2 is 2.50 bits per heavy atom. The maximum Gasteiger partial charge on any atom is 0.117 e. The van der Waals surface area contributed by atoms with Gasteiger partial charge >= 0.3 is 0 Å². The van der Waals surface area contributed by atoms with Crippen molar-refractivity contribution in [1.82, 2.24) is 4.90 Å². The molecule has 0 radical (unpaired) electrons. The third-order valence-corrected chi connectivity index (χ3v) is 2.55. The zero-order chi connectivity index (χ0) is 9.80. The average molecular weight is 195 g/mol. The van der Waals surface area contributed by atoms with Gasteiger partial charge in [0.25, 0.3) is 0 Å². The van der Waals surface area contributed by atoms with E-state index >= 15 is 0 Å². The lowest BCUT2D eigenvalue weighted by Gasteiger charge is -2.19. The van der Waals surface area contributed by atoms with Gasteiger partial charge in [-0.1, -0.05) is 0 Å². The molecular weight excluding hydrogens is 178 g/mol. The minimum atomic E-state index is 0.426.